The number of ether oxygens (including phenoxy) is 1. The fourth-order valence-corrected chi connectivity index (χ4v) is 4.49. The first kappa shape index (κ1) is 23.8. The van der Waals surface area contributed by atoms with E-state index in [1.54, 1.807) is 6.20 Å². The van der Waals surface area contributed by atoms with E-state index in [9.17, 15) is 4.79 Å². The summed E-state index contributed by atoms with van der Waals surface area (Å²) in [5, 5.41) is 8.90. The zero-order valence-electron chi connectivity index (χ0n) is 19.5. The van der Waals surface area contributed by atoms with Gasteiger partial charge >= 0.3 is 5.97 Å². The third-order valence-corrected chi connectivity index (χ3v) is 6.63. The number of hydrogen-bond acceptors (Lipinski definition) is 4. The van der Waals surface area contributed by atoms with E-state index in [2.05, 4.69) is 54.7 Å². The van der Waals surface area contributed by atoms with E-state index in [-0.39, 0.29) is 11.8 Å². The van der Waals surface area contributed by atoms with Gasteiger partial charge in [-0.15, -0.1) is 0 Å². The van der Waals surface area contributed by atoms with E-state index in [4.69, 9.17) is 9.84 Å². The highest BCUT2D eigenvalue weighted by Crippen LogP contribution is 2.44. The molecule has 3 rings (SSSR count). The van der Waals surface area contributed by atoms with Crippen LogP contribution in [0.25, 0.3) is 0 Å². The lowest BCUT2D eigenvalue weighted by molar-refractivity contribution is -0.136. The van der Waals surface area contributed by atoms with Gasteiger partial charge < -0.3 is 9.84 Å². The first-order valence-electron chi connectivity index (χ1n) is 11.9. The first-order chi connectivity index (χ1) is 15.5. The predicted molar refractivity (Wildman–Crippen MR) is 126 cm³/mol. The number of rotatable bonds is 9. The molecule has 2 aromatic rings. The minimum atomic E-state index is -0.919. The summed E-state index contributed by atoms with van der Waals surface area (Å²) in [5.41, 5.74) is 4.66. The molecule has 32 heavy (non-hydrogen) atoms. The molecule has 0 spiro atoms. The van der Waals surface area contributed by atoms with Crippen molar-refractivity contribution in [3.63, 3.8) is 0 Å². The molecule has 0 atom stereocenters. The Bertz CT molecular complexity index is 982. The molecular formula is C27H34N2O3. The summed E-state index contributed by atoms with van der Waals surface area (Å²) < 4.78 is 6.09. The third-order valence-electron chi connectivity index (χ3n) is 6.63. The van der Waals surface area contributed by atoms with Crippen LogP contribution in [0.15, 0.2) is 24.5 Å². The van der Waals surface area contributed by atoms with Gasteiger partial charge in [-0.05, 0) is 55.7 Å². The van der Waals surface area contributed by atoms with Crippen molar-refractivity contribution in [3.8, 4) is 17.6 Å². The fraction of sp³-hybridized carbons (Fsp3) is 0.519. The molecule has 2 heterocycles. The molecule has 0 bridgehead atoms. The number of carboxylic acid groups (broad SMARTS) is 1. The molecule has 170 valence electrons. The summed E-state index contributed by atoms with van der Waals surface area (Å²) in [5.74, 6) is 6.59. The standard InChI is InChI=1S/C27H34N2O3/c1-4-7-8-9-10-20-16-25-24(27(5-2,6-3)13-14-32-25)15-21(20)11-12-22-18-29-23(19-28-22)17-26(30)31/h15-16,18-19H,4-10,13-14,17H2,1-3H3,(H,30,31). The zero-order valence-corrected chi connectivity index (χ0v) is 19.5. The Kier molecular flexibility index (Phi) is 8.27. The van der Waals surface area contributed by atoms with Crippen LogP contribution in [-0.2, 0) is 23.1 Å². The number of aromatic nitrogens is 2. The second-order valence-electron chi connectivity index (χ2n) is 8.62. The van der Waals surface area contributed by atoms with Crippen molar-refractivity contribution in [1.29, 1.82) is 0 Å². The summed E-state index contributed by atoms with van der Waals surface area (Å²) in [6.07, 6.45) is 11.9. The van der Waals surface area contributed by atoms with E-state index in [1.807, 2.05) is 0 Å². The Balaban J connectivity index is 1.95. The Morgan fingerprint density at radius 2 is 1.91 bits per heavy atom. The summed E-state index contributed by atoms with van der Waals surface area (Å²) in [6.45, 7) is 7.52. The second-order valence-corrected chi connectivity index (χ2v) is 8.62. The summed E-state index contributed by atoms with van der Waals surface area (Å²) in [6, 6.07) is 4.46. The number of carboxylic acids is 1. The van der Waals surface area contributed by atoms with Crippen LogP contribution in [0.5, 0.6) is 5.75 Å². The van der Waals surface area contributed by atoms with Gasteiger partial charge in [0.05, 0.1) is 31.1 Å². The topological polar surface area (TPSA) is 72.3 Å². The van der Waals surface area contributed by atoms with Crippen LogP contribution in [0, 0.1) is 11.8 Å². The monoisotopic (exact) mass is 434 g/mol. The number of unbranched alkanes of at least 4 members (excludes halogenated alkanes) is 3. The molecule has 0 amide bonds. The smallest absolute Gasteiger partial charge is 0.309 e. The maximum atomic E-state index is 10.8. The van der Waals surface area contributed by atoms with Crippen LogP contribution in [-0.4, -0.2) is 27.7 Å². The average molecular weight is 435 g/mol. The van der Waals surface area contributed by atoms with Crippen LogP contribution in [0.4, 0.5) is 0 Å². The van der Waals surface area contributed by atoms with Gasteiger partial charge in [0.2, 0.25) is 0 Å². The quantitative estimate of drug-likeness (QED) is 0.419. The first-order valence-corrected chi connectivity index (χ1v) is 11.9. The normalized spacial score (nSPS) is 14.1. The Morgan fingerprint density at radius 3 is 2.56 bits per heavy atom. The minimum Gasteiger partial charge on any atom is -0.493 e. The second kappa shape index (κ2) is 11.1. The summed E-state index contributed by atoms with van der Waals surface area (Å²) in [4.78, 5) is 19.3. The molecule has 0 saturated heterocycles. The minimum absolute atomic E-state index is 0.135. The van der Waals surface area contributed by atoms with Crippen molar-refractivity contribution < 1.29 is 14.6 Å². The lowest BCUT2D eigenvalue weighted by Gasteiger charge is -2.38. The molecule has 0 aliphatic carbocycles. The molecule has 0 fully saturated rings. The zero-order chi connectivity index (χ0) is 23.0. The number of benzene rings is 1. The molecule has 1 aliphatic heterocycles. The van der Waals surface area contributed by atoms with E-state index in [1.165, 1.54) is 36.6 Å². The van der Waals surface area contributed by atoms with Gasteiger partial charge in [-0.1, -0.05) is 46.0 Å². The van der Waals surface area contributed by atoms with Crippen LogP contribution in [0.3, 0.4) is 0 Å². The number of aliphatic carboxylic acids is 1. The molecular weight excluding hydrogens is 400 g/mol. The van der Waals surface area contributed by atoms with E-state index in [0.717, 1.165) is 50.0 Å². The number of aryl methyl sites for hydroxylation is 1. The molecule has 1 aromatic heterocycles. The van der Waals surface area contributed by atoms with Crippen molar-refractivity contribution in [2.24, 2.45) is 0 Å². The SMILES string of the molecule is CCCCCCc1cc2c(cc1C#Cc1cnc(CC(=O)O)cn1)C(CC)(CC)CCO2. The van der Waals surface area contributed by atoms with Crippen molar-refractivity contribution in [3.05, 3.63) is 52.6 Å². The third kappa shape index (κ3) is 5.68. The summed E-state index contributed by atoms with van der Waals surface area (Å²) in [7, 11) is 0. The lowest BCUT2D eigenvalue weighted by Crippen LogP contribution is -2.32. The highest BCUT2D eigenvalue weighted by atomic mass is 16.5. The van der Waals surface area contributed by atoms with Crippen LogP contribution < -0.4 is 4.74 Å². The van der Waals surface area contributed by atoms with E-state index >= 15 is 0 Å². The van der Waals surface area contributed by atoms with Gasteiger partial charge in [0.1, 0.15) is 11.4 Å². The van der Waals surface area contributed by atoms with Crippen LogP contribution >= 0.6 is 0 Å². The Morgan fingerprint density at radius 1 is 1.09 bits per heavy atom. The van der Waals surface area contributed by atoms with Gasteiger partial charge in [-0.2, -0.15) is 0 Å². The number of carbonyl (C=O) groups is 1. The van der Waals surface area contributed by atoms with Gasteiger partial charge in [-0.3, -0.25) is 9.78 Å². The molecule has 5 heteroatoms. The van der Waals surface area contributed by atoms with E-state index in [0.29, 0.717) is 11.4 Å². The highest BCUT2D eigenvalue weighted by molar-refractivity contribution is 5.69. The van der Waals surface area contributed by atoms with Gasteiger partial charge in [-0.25, -0.2) is 4.98 Å². The average Bonchev–Trinajstić information content (AvgIpc) is 2.80. The van der Waals surface area contributed by atoms with E-state index < -0.39 is 5.97 Å². The maximum Gasteiger partial charge on any atom is 0.309 e. The molecule has 1 aliphatic rings. The van der Waals surface area contributed by atoms with Crippen molar-refractivity contribution in [1.82, 2.24) is 9.97 Å². The molecule has 1 aromatic carbocycles. The summed E-state index contributed by atoms with van der Waals surface area (Å²) >= 11 is 0. The number of hydrogen-bond donors (Lipinski definition) is 1. The lowest BCUT2D eigenvalue weighted by atomic mass is 9.71. The van der Waals surface area contributed by atoms with Crippen molar-refractivity contribution in [2.75, 3.05) is 6.61 Å². The molecule has 1 N–H and O–H groups in total. The Hall–Kier alpha value is -2.87. The predicted octanol–water partition coefficient (Wildman–Crippen LogP) is 5.47. The number of nitrogens with zero attached hydrogens (tertiary/aromatic N) is 2. The van der Waals surface area contributed by atoms with Gasteiger partial charge in [0.15, 0.2) is 0 Å². The fourth-order valence-electron chi connectivity index (χ4n) is 4.49. The van der Waals surface area contributed by atoms with Crippen LogP contribution in [0.2, 0.25) is 0 Å². The van der Waals surface area contributed by atoms with Crippen LogP contribution in [0.1, 0.15) is 93.8 Å². The Labute approximate surface area is 191 Å². The largest absolute Gasteiger partial charge is 0.493 e. The number of fused-ring (bicyclic) bond motifs is 1. The van der Waals surface area contributed by atoms with Crippen molar-refractivity contribution >= 4 is 5.97 Å². The molecule has 5 nitrogen and oxygen atoms in total. The van der Waals surface area contributed by atoms with Crippen molar-refractivity contribution in [2.45, 2.75) is 84.0 Å². The van der Waals surface area contributed by atoms with Gasteiger partial charge in [0.25, 0.3) is 0 Å². The molecule has 0 unspecified atom stereocenters. The molecule has 0 radical (unpaired) electrons. The van der Waals surface area contributed by atoms with Gasteiger partial charge in [0, 0.05) is 16.5 Å². The maximum absolute atomic E-state index is 10.8. The molecule has 0 saturated carbocycles. The highest BCUT2D eigenvalue weighted by Gasteiger charge is 2.35.